The summed E-state index contributed by atoms with van der Waals surface area (Å²) in [6.07, 6.45) is 1.18. The Hall–Kier alpha value is -1.37. The van der Waals surface area contributed by atoms with Crippen LogP contribution in [0.2, 0.25) is 4.34 Å². The largest absolute Gasteiger partial charge is 0.337 e. The second-order valence-corrected chi connectivity index (χ2v) is 7.81. The van der Waals surface area contributed by atoms with E-state index in [0.717, 1.165) is 4.88 Å². The molecule has 0 radical (unpaired) electrons. The van der Waals surface area contributed by atoms with Gasteiger partial charge in [0.15, 0.2) is 9.84 Å². The van der Waals surface area contributed by atoms with Crippen LogP contribution < -0.4 is 0 Å². The van der Waals surface area contributed by atoms with Crippen LogP contribution in [0.5, 0.6) is 0 Å². The van der Waals surface area contributed by atoms with E-state index in [0.29, 0.717) is 21.2 Å². The van der Waals surface area contributed by atoms with E-state index in [1.165, 1.54) is 17.6 Å². The molecule has 3 rings (SSSR count). The number of nitrogens with zero attached hydrogens (tertiary/aromatic N) is 1. The Balaban J connectivity index is 2.27. The number of para-hydroxylation sites is 1. The van der Waals surface area contributed by atoms with Gasteiger partial charge >= 0.3 is 0 Å². The van der Waals surface area contributed by atoms with E-state index in [-0.39, 0.29) is 4.90 Å². The zero-order chi connectivity index (χ0) is 13.6. The maximum absolute atomic E-state index is 11.7. The first-order chi connectivity index (χ1) is 8.95. The van der Waals surface area contributed by atoms with Crippen LogP contribution in [0, 0.1) is 0 Å². The molecule has 0 unspecified atom stereocenters. The summed E-state index contributed by atoms with van der Waals surface area (Å²) < 4.78 is 24.1. The maximum Gasteiger partial charge on any atom is 0.177 e. The van der Waals surface area contributed by atoms with Gasteiger partial charge in [-0.05, 0) is 24.3 Å². The number of rotatable bonds is 2. The first-order valence-corrected chi connectivity index (χ1v) is 8.48. The van der Waals surface area contributed by atoms with Crippen LogP contribution >= 0.6 is 22.9 Å². The summed E-state index contributed by atoms with van der Waals surface area (Å²) in [5.74, 6) is 0.628. The summed E-state index contributed by atoms with van der Waals surface area (Å²) >= 11 is 7.29. The lowest BCUT2D eigenvalue weighted by atomic mass is 10.3. The van der Waals surface area contributed by atoms with E-state index in [1.54, 1.807) is 24.3 Å². The van der Waals surface area contributed by atoms with Crippen molar-refractivity contribution in [1.29, 1.82) is 0 Å². The van der Waals surface area contributed by atoms with Crippen molar-refractivity contribution in [2.75, 3.05) is 6.26 Å². The van der Waals surface area contributed by atoms with Gasteiger partial charge in [-0.3, -0.25) is 0 Å². The van der Waals surface area contributed by atoms with Gasteiger partial charge in [0.25, 0.3) is 0 Å². The molecule has 0 saturated heterocycles. The molecule has 98 valence electrons. The van der Waals surface area contributed by atoms with Crippen LogP contribution in [-0.2, 0) is 9.84 Å². The molecule has 0 fully saturated rings. The van der Waals surface area contributed by atoms with E-state index in [1.807, 2.05) is 6.07 Å². The molecule has 0 saturated carbocycles. The highest BCUT2D eigenvalue weighted by molar-refractivity contribution is 7.91. The van der Waals surface area contributed by atoms with Gasteiger partial charge in [0, 0.05) is 6.26 Å². The molecular weight excluding hydrogens is 304 g/mol. The molecule has 0 spiro atoms. The van der Waals surface area contributed by atoms with Crippen molar-refractivity contribution >= 4 is 43.8 Å². The van der Waals surface area contributed by atoms with Crippen molar-refractivity contribution in [2.24, 2.45) is 0 Å². The molecule has 0 bridgehead atoms. The second kappa shape index (κ2) is 4.33. The fourth-order valence-electron chi connectivity index (χ4n) is 1.86. The number of sulfone groups is 1. The Kier molecular flexibility index (Phi) is 2.88. The Labute approximate surface area is 119 Å². The van der Waals surface area contributed by atoms with E-state index in [4.69, 9.17) is 11.6 Å². The minimum Gasteiger partial charge on any atom is -0.337 e. The summed E-state index contributed by atoms with van der Waals surface area (Å²) in [6, 6.07) is 8.69. The molecule has 0 aliphatic heterocycles. The highest BCUT2D eigenvalue weighted by atomic mass is 35.5. The third-order valence-electron chi connectivity index (χ3n) is 2.68. The van der Waals surface area contributed by atoms with Gasteiger partial charge in [-0.2, -0.15) is 0 Å². The number of aromatic amines is 1. The quantitative estimate of drug-likeness (QED) is 0.789. The zero-order valence-electron chi connectivity index (χ0n) is 9.84. The van der Waals surface area contributed by atoms with Gasteiger partial charge < -0.3 is 4.98 Å². The summed E-state index contributed by atoms with van der Waals surface area (Å²) in [4.78, 5) is 8.60. The Morgan fingerprint density at radius 1 is 1.26 bits per heavy atom. The van der Waals surface area contributed by atoms with E-state index < -0.39 is 9.84 Å². The number of hydrogen-bond acceptors (Lipinski definition) is 4. The molecule has 0 atom stereocenters. The van der Waals surface area contributed by atoms with Crippen LogP contribution in [0.15, 0.2) is 35.2 Å². The summed E-state index contributed by atoms with van der Waals surface area (Å²) in [6.45, 7) is 0. The predicted molar refractivity (Wildman–Crippen MR) is 77.5 cm³/mol. The lowest BCUT2D eigenvalue weighted by molar-refractivity contribution is 0.602. The van der Waals surface area contributed by atoms with Crippen molar-refractivity contribution in [3.63, 3.8) is 0 Å². The average Bonchev–Trinajstić information content (AvgIpc) is 2.92. The SMILES string of the molecule is CS(=O)(=O)c1cccc2[nH]c(-c3ccc(Cl)s3)nc12. The van der Waals surface area contributed by atoms with Crippen LogP contribution in [0.25, 0.3) is 21.7 Å². The minimum absolute atomic E-state index is 0.232. The normalized spacial score (nSPS) is 12.1. The minimum atomic E-state index is -3.30. The molecule has 19 heavy (non-hydrogen) atoms. The molecule has 1 N–H and O–H groups in total. The standard InChI is InChI=1S/C12H9ClN2O2S2/c1-19(16,17)9-4-2-3-7-11(9)15-12(14-7)8-5-6-10(13)18-8/h2-6H,1H3,(H,14,15). The lowest BCUT2D eigenvalue weighted by Gasteiger charge is -1.97. The molecule has 0 aliphatic carbocycles. The topological polar surface area (TPSA) is 62.8 Å². The summed E-state index contributed by atoms with van der Waals surface area (Å²) in [7, 11) is -3.30. The number of halogens is 1. The molecule has 1 aromatic carbocycles. The third kappa shape index (κ3) is 2.27. The number of imidazole rings is 1. The molecule has 2 heterocycles. The fraction of sp³-hybridized carbons (Fsp3) is 0.0833. The molecule has 3 aromatic rings. The van der Waals surface area contributed by atoms with E-state index in [2.05, 4.69) is 9.97 Å². The Bertz CT molecular complexity index is 865. The van der Waals surface area contributed by atoms with Crippen molar-refractivity contribution in [3.8, 4) is 10.7 Å². The van der Waals surface area contributed by atoms with Crippen molar-refractivity contribution in [3.05, 3.63) is 34.7 Å². The van der Waals surface area contributed by atoms with E-state index in [9.17, 15) is 8.42 Å². The Morgan fingerprint density at radius 3 is 2.68 bits per heavy atom. The highest BCUT2D eigenvalue weighted by Gasteiger charge is 2.16. The van der Waals surface area contributed by atoms with Gasteiger partial charge in [-0.15, -0.1) is 11.3 Å². The number of benzene rings is 1. The molecule has 4 nitrogen and oxygen atoms in total. The highest BCUT2D eigenvalue weighted by Crippen LogP contribution is 2.31. The molecule has 7 heteroatoms. The van der Waals surface area contributed by atoms with Crippen molar-refractivity contribution in [1.82, 2.24) is 9.97 Å². The zero-order valence-corrected chi connectivity index (χ0v) is 12.2. The number of thiophene rings is 1. The molecule has 0 amide bonds. The van der Waals surface area contributed by atoms with Gasteiger partial charge in [-0.1, -0.05) is 17.7 Å². The number of aromatic nitrogens is 2. The summed E-state index contributed by atoms with van der Waals surface area (Å²) in [5.41, 5.74) is 1.16. The first kappa shape index (κ1) is 12.7. The van der Waals surface area contributed by atoms with Gasteiger partial charge in [-0.25, -0.2) is 13.4 Å². The van der Waals surface area contributed by atoms with Crippen LogP contribution in [0.1, 0.15) is 0 Å². The molecule has 2 aromatic heterocycles. The van der Waals surface area contributed by atoms with Crippen LogP contribution in [0.3, 0.4) is 0 Å². The van der Waals surface area contributed by atoms with Crippen molar-refractivity contribution in [2.45, 2.75) is 4.90 Å². The Morgan fingerprint density at radius 2 is 2.05 bits per heavy atom. The number of H-pyrrole nitrogens is 1. The molecule has 0 aliphatic rings. The number of hydrogen-bond donors (Lipinski definition) is 1. The second-order valence-electron chi connectivity index (χ2n) is 4.11. The lowest BCUT2D eigenvalue weighted by Crippen LogP contribution is -1.97. The first-order valence-electron chi connectivity index (χ1n) is 5.39. The van der Waals surface area contributed by atoms with E-state index >= 15 is 0 Å². The molecular formula is C12H9ClN2O2S2. The van der Waals surface area contributed by atoms with Gasteiger partial charge in [0.05, 0.1) is 19.6 Å². The smallest absolute Gasteiger partial charge is 0.177 e. The predicted octanol–water partition coefficient (Wildman–Crippen LogP) is 3.35. The number of nitrogens with one attached hydrogen (secondary N) is 1. The van der Waals surface area contributed by atoms with Crippen LogP contribution in [0.4, 0.5) is 0 Å². The summed E-state index contributed by atoms with van der Waals surface area (Å²) in [5, 5.41) is 0. The fourth-order valence-corrected chi connectivity index (χ4v) is 3.68. The monoisotopic (exact) mass is 312 g/mol. The van der Waals surface area contributed by atoms with Crippen LogP contribution in [-0.4, -0.2) is 24.6 Å². The number of fused-ring (bicyclic) bond motifs is 1. The third-order valence-corrected chi connectivity index (χ3v) is 5.05. The maximum atomic E-state index is 11.7. The van der Waals surface area contributed by atoms with Gasteiger partial charge in [0.2, 0.25) is 0 Å². The van der Waals surface area contributed by atoms with Crippen molar-refractivity contribution < 1.29 is 8.42 Å². The van der Waals surface area contributed by atoms with Gasteiger partial charge in [0.1, 0.15) is 11.3 Å². The average molecular weight is 313 g/mol.